The summed E-state index contributed by atoms with van der Waals surface area (Å²) in [7, 11) is -1.85. The Bertz CT molecular complexity index is 675. The summed E-state index contributed by atoms with van der Waals surface area (Å²) in [6.07, 6.45) is 3.52. The van der Waals surface area contributed by atoms with E-state index in [0.717, 1.165) is 11.1 Å². The van der Waals surface area contributed by atoms with Crippen LogP contribution in [0.5, 0.6) is 0 Å². The Morgan fingerprint density at radius 2 is 1.95 bits per heavy atom. The molecule has 0 unspecified atom stereocenters. The molecule has 2 rings (SSSR count). The predicted molar refractivity (Wildman–Crippen MR) is 77.7 cm³/mol. The Morgan fingerprint density at radius 1 is 1.30 bits per heavy atom. The van der Waals surface area contributed by atoms with Crippen LogP contribution in [0.3, 0.4) is 0 Å². The van der Waals surface area contributed by atoms with Crippen LogP contribution < -0.4 is 4.72 Å². The largest absolute Gasteiger partial charge is 0.274 e. The molecule has 0 aliphatic heterocycles. The van der Waals surface area contributed by atoms with Gasteiger partial charge in [0.05, 0.1) is 6.20 Å². The van der Waals surface area contributed by atoms with Crippen LogP contribution in [0, 0.1) is 6.92 Å². The van der Waals surface area contributed by atoms with Gasteiger partial charge < -0.3 is 0 Å². The van der Waals surface area contributed by atoms with Gasteiger partial charge in [-0.15, -0.1) is 0 Å². The van der Waals surface area contributed by atoms with E-state index in [9.17, 15) is 8.42 Å². The van der Waals surface area contributed by atoms with Gasteiger partial charge in [0.25, 0.3) is 0 Å². The minimum Gasteiger partial charge on any atom is -0.274 e. The normalized spacial score (nSPS) is 13.3. The quantitative estimate of drug-likeness (QED) is 0.918. The van der Waals surface area contributed by atoms with E-state index in [1.54, 1.807) is 7.05 Å². The highest BCUT2D eigenvalue weighted by molar-refractivity contribution is 7.89. The van der Waals surface area contributed by atoms with Crippen molar-refractivity contribution in [3.05, 3.63) is 47.8 Å². The molecule has 0 saturated carbocycles. The average Bonchev–Trinajstić information content (AvgIpc) is 2.85. The van der Waals surface area contributed by atoms with Crippen molar-refractivity contribution in [2.75, 3.05) is 0 Å². The molecule has 0 aliphatic rings. The van der Waals surface area contributed by atoms with Gasteiger partial charge in [-0.05, 0) is 18.9 Å². The topological polar surface area (TPSA) is 64.0 Å². The Kier molecular flexibility index (Phi) is 4.25. The van der Waals surface area contributed by atoms with Crippen LogP contribution in [0.4, 0.5) is 0 Å². The lowest BCUT2D eigenvalue weighted by Crippen LogP contribution is -2.28. The van der Waals surface area contributed by atoms with E-state index in [1.165, 1.54) is 17.1 Å². The maximum absolute atomic E-state index is 12.3. The van der Waals surface area contributed by atoms with Crippen molar-refractivity contribution in [1.29, 1.82) is 0 Å². The molecule has 1 aromatic heterocycles. The highest BCUT2D eigenvalue weighted by Gasteiger charge is 2.21. The number of aryl methyl sites for hydroxylation is 2. The van der Waals surface area contributed by atoms with Gasteiger partial charge in [0, 0.05) is 19.3 Å². The first-order valence-corrected chi connectivity index (χ1v) is 7.98. The summed E-state index contributed by atoms with van der Waals surface area (Å²) in [5, 5.41) is 3.90. The van der Waals surface area contributed by atoms with Gasteiger partial charge in [-0.25, -0.2) is 13.1 Å². The fourth-order valence-electron chi connectivity index (χ4n) is 1.98. The van der Waals surface area contributed by atoms with Crippen LogP contribution in [0.1, 0.15) is 30.5 Å². The third kappa shape index (κ3) is 3.26. The van der Waals surface area contributed by atoms with Gasteiger partial charge in [0.2, 0.25) is 10.0 Å². The summed E-state index contributed by atoms with van der Waals surface area (Å²) < 4.78 is 28.8. The molecule has 0 bridgehead atoms. The molecule has 5 nitrogen and oxygen atoms in total. The van der Waals surface area contributed by atoms with Gasteiger partial charge in [0.1, 0.15) is 4.90 Å². The van der Waals surface area contributed by atoms with Gasteiger partial charge in [-0.3, -0.25) is 4.68 Å². The second-order valence-electron chi connectivity index (χ2n) is 4.84. The van der Waals surface area contributed by atoms with Crippen LogP contribution in [-0.4, -0.2) is 18.2 Å². The van der Waals surface area contributed by atoms with E-state index in [4.69, 9.17) is 0 Å². The minimum atomic E-state index is -3.54. The van der Waals surface area contributed by atoms with Crippen molar-refractivity contribution < 1.29 is 8.42 Å². The number of hydrogen-bond donors (Lipinski definition) is 1. The number of benzene rings is 1. The summed E-state index contributed by atoms with van der Waals surface area (Å²) in [6.45, 7) is 3.96. The van der Waals surface area contributed by atoms with Gasteiger partial charge in [-0.1, -0.05) is 36.8 Å². The van der Waals surface area contributed by atoms with E-state index in [-0.39, 0.29) is 10.9 Å². The number of sulfonamides is 1. The fraction of sp³-hybridized carbons (Fsp3) is 0.357. The molecule has 20 heavy (non-hydrogen) atoms. The number of nitrogens with zero attached hydrogens (tertiary/aromatic N) is 2. The molecular formula is C14H19N3O2S. The van der Waals surface area contributed by atoms with Gasteiger partial charge in [0.15, 0.2) is 0 Å². The molecule has 2 aromatic rings. The average molecular weight is 293 g/mol. The Morgan fingerprint density at radius 3 is 2.45 bits per heavy atom. The third-order valence-electron chi connectivity index (χ3n) is 3.18. The minimum absolute atomic E-state index is 0.186. The summed E-state index contributed by atoms with van der Waals surface area (Å²) in [4.78, 5) is 0.186. The lowest BCUT2D eigenvalue weighted by molar-refractivity contribution is 0.550. The van der Waals surface area contributed by atoms with Gasteiger partial charge in [-0.2, -0.15) is 5.10 Å². The van der Waals surface area contributed by atoms with Crippen LogP contribution >= 0.6 is 0 Å². The lowest BCUT2D eigenvalue weighted by Gasteiger charge is -2.17. The van der Waals surface area contributed by atoms with Crippen LogP contribution in [0.15, 0.2) is 41.6 Å². The van der Waals surface area contributed by atoms with Crippen molar-refractivity contribution in [1.82, 2.24) is 14.5 Å². The molecule has 1 N–H and O–H groups in total. The molecule has 0 radical (unpaired) electrons. The summed E-state index contributed by atoms with van der Waals surface area (Å²) >= 11 is 0. The Balaban J connectivity index is 2.24. The molecule has 1 atom stereocenters. The van der Waals surface area contributed by atoms with Crippen molar-refractivity contribution >= 4 is 10.0 Å². The van der Waals surface area contributed by atoms with E-state index in [2.05, 4.69) is 9.82 Å². The molecule has 0 spiro atoms. The number of aromatic nitrogens is 2. The molecular weight excluding hydrogens is 274 g/mol. The van der Waals surface area contributed by atoms with Crippen LogP contribution in [-0.2, 0) is 17.1 Å². The van der Waals surface area contributed by atoms with E-state index in [1.807, 2.05) is 38.1 Å². The molecule has 0 aliphatic carbocycles. The second kappa shape index (κ2) is 5.76. The van der Waals surface area contributed by atoms with Crippen molar-refractivity contribution in [2.24, 2.45) is 7.05 Å². The van der Waals surface area contributed by atoms with E-state index < -0.39 is 10.0 Å². The van der Waals surface area contributed by atoms with Gasteiger partial charge >= 0.3 is 0 Å². The highest BCUT2D eigenvalue weighted by Crippen LogP contribution is 2.20. The first-order valence-electron chi connectivity index (χ1n) is 6.50. The Hall–Kier alpha value is -1.66. The first-order chi connectivity index (χ1) is 9.42. The second-order valence-corrected chi connectivity index (χ2v) is 6.56. The summed E-state index contributed by atoms with van der Waals surface area (Å²) in [5.74, 6) is 0. The highest BCUT2D eigenvalue weighted by atomic mass is 32.2. The number of rotatable bonds is 5. The molecule has 0 amide bonds. The van der Waals surface area contributed by atoms with Crippen molar-refractivity contribution in [2.45, 2.75) is 31.2 Å². The van der Waals surface area contributed by atoms with Crippen molar-refractivity contribution in [3.63, 3.8) is 0 Å². The lowest BCUT2D eigenvalue weighted by atomic mass is 10.0. The third-order valence-corrected chi connectivity index (χ3v) is 4.60. The molecule has 0 fully saturated rings. The maximum atomic E-state index is 12.3. The molecule has 1 heterocycles. The molecule has 0 saturated heterocycles. The molecule has 108 valence electrons. The zero-order valence-electron chi connectivity index (χ0n) is 11.9. The molecule has 6 heteroatoms. The zero-order valence-corrected chi connectivity index (χ0v) is 12.7. The molecule has 1 aromatic carbocycles. The Labute approximate surface area is 119 Å². The monoisotopic (exact) mass is 293 g/mol. The standard InChI is InChI=1S/C14H19N3O2S/c1-4-14(12-7-5-11(2)6-8-12)16-20(18,19)13-9-15-17(3)10-13/h5-10,14,16H,4H2,1-3H3/t14-/m1/s1. The maximum Gasteiger partial charge on any atom is 0.244 e. The van der Waals surface area contributed by atoms with E-state index in [0.29, 0.717) is 6.42 Å². The summed E-state index contributed by atoms with van der Waals surface area (Å²) in [5.41, 5.74) is 2.12. The van der Waals surface area contributed by atoms with Crippen LogP contribution in [0.2, 0.25) is 0 Å². The zero-order chi connectivity index (χ0) is 14.8. The number of nitrogens with one attached hydrogen (secondary N) is 1. The predicted octanol–water partition coefficient (Wildman–Crippen LogP) is 2.16. The van der Waals surface area contributed by atoms with Crippen LogP contribution in [0.25, 0.3) is 0 Å². The first kappa shape index (κ1) is 14.7. The summed E-state index contributed by atoms with van der Waals surface area (Å²) in [6, 6.07) is 7.64. The SMILES string of the molecule is CC[C@@H](NS(=O)(=O)c1cnn(C)c1)c1ccc(C)cc1. The fourth-order valence-corrected chi connectivity index (χ4v) is 3.27. The van der Waals surface area contributed by atoms with E-state index >= 15 is 0 Å². The number of hydrogen-bond acceptors (Lipinski definition) is 3. The smallest absolute Gasteiger partial charge is 0.244 e. The van der Waals surface area contributed by atoms with Crippen molar-refractivity contribution in [3.8, 4) is 0 Å².